The van der Waals surface area contributed by atoms with Gasteiger partial charge in [-0.15, -0.1) is 0 Å². The summed E-state index contributed by atoms with van der Waals surface area (Å²) in [6, 6.07) is 7.36. The molecule has 0 atom stereocenters. The van der Waals surface area contributed by atoms with E-state index in [2.05, 4.69) is 9.82 Å². The molecule has 0 radical (unpaired) electrons. The monoisotopic (exact) mass is 280 g/mol. The summed E-state index contributed by atoms with van der Waals surface area (Å²) in [6.07, 6.45) is 3.40. The van der Waals surface area contributed by atoms with E-state index in [9.17, 15) is 8.42 Å². The first-order chi connectivity index (χ1) is 8.97. The second kappa shape index (κ2) is 5.41. The highest BCUT2D eigenvalue weighted by molar-refractivity contribution is 7.89. The number of sulfonamides is 1. The van der Waals surface area contributed by atoms with Crippen LogP contribution in [0.2, 0.25) is 0 Å². The molecule has 0 spiro atoms. The molecule has 3 N–H and O–H groups in total. The van der Waals surface area contributed by atoms with Crippen LogP contribution in [0, 0.1) is 0 Å². The number of hydrogen-bond donors (Lipinski definition) is 2. The van der Waals surface area contributed by atoms with Crippen molar-refractivity contribution in [3.05, 3.63) is 42.2 Å². The van der Waals surface area contributed by atoms with Crippen LogP contribution in [0.15, 0.2) is 41.6 Å². The van der Waals surface area contributed by atoms with Gasteiger partial charge < -0.3 is 5.73 Å². The number of nitrogens with one attached hydrogen (secondary N) is 1. The molecule has 1 aromatic carbocycles. The quantitative estimate of drug-likeness (QED) is 0.781. The summed E-state index contributed by atoms with van der Waals surface area (Å²) < 4.78 is 27.8. The van der Waals surface area contributed by atoms with Crippen LogP contribution < -0.4 is 10.5 Å². The van der Waals surface area contributed by atoms with Crippen molar-refractivity contribution in [2.24, 2.45) is 7.05 Å². The van der Waals surface area contributed by atoms with Gasteiger partial charge in [0, 0.05) is 25.5 Å². The Labute approximate surface area is 112 Å². The summed E-state index contributed by atoms with van der Waals surface area (Å²) in [6.45, 7) is 0.334. The van der Waals surface area contributed by atoms with Crippen molar-refractivity contribution in [2.75, 3.05) is 12.3 Å². The lowest BCUT2D eigenvalue weighted by atomic mass is 10.1. The van der Waals surface area contributed by atoms with Gasteiger partial charge in [-0.1, -0.05) is 12.1 Å². The number of hydrogen-bond acceptors (Lipinski definition) is 4. The highest BCUT2D eigenvalue weighted by Gasteiger charge is 2.14. The third-order valence-corrected chi connectivity index (χ3v) is 4.09. The average Bonchev–Trinajstić information content (AvgIpc) is 2.79. The Morgan fingerprint density at radius 3 is 2.58 bits per heavy atom. The smallest absolute Gasteiger partial charge is 0.243 e. The molecule has 0 bridgehead atoms. The Bertz CT molecular complexity index is 647. The Hall–Kier alpha value is -1.86. The van der Waals surface area contributed by atoms with E-state index in [4.69, 9.17) is 5.73 Å². The fraction of sp³-hybridized carbons (Fsp3) is 0.250. The largest absolute Gasteiger partial charge is 0.399 e. The van der Waals surface area contributed by atoms with Crippen molar-refractivity contribution < 1.29 is 8.42 Å². The molecule has 7 heteroatoms. The minimum Gasteiger partial charge on any atom is -0.399 e. The van der Waals surface area contributed by atoms with Crippen molar-refractivity contribution in [1.29, 1.82) is 0 Å². The first-order valence-corrected chi connectivity index (χ1v) is 7.28. The SMILES string of the molecule is Cn1cc(S(=O)(=O)NCCc2ccc(N)cc2)cn1. The maximum atomic E-state index is 11.9. The molecule has 0 amide bonds. The first kappa shape index (κ1) is 13.6. The van der Waals surface area contributed by atoms with Crippen LogP contribution in [-0.4, -0.2) is 24.7 Å². The summed E-state index contributed by atoms with van der Waals surface area (Å²) in [5.74, 6) is 0. The van der Waals surface area contributed by atoms with Crippen molar-refractivity contribution in [3.8, 4) is 0 Å². The first-order valence-electron chi connectivity index (χ1n) is 5.80. The van der Waals surface area contributed by atoms with E-state index in [-0.39, 0.29) is 4.90 Å². The Morgan fingerprint density at radius 2 is 2.00 bits per heavy atom. The van der Waals surface area contributed by atoms with Gasteiger partial charge in [0.05, 0.1) is 6.20 Å². The zero-order valence-electron chi connectivity index (χ0n) is 10.6. The minimum atomic E-state index is -3.48. The van der Waals surface area contributed by atoms with E-state index in [1.54, 1.807) is 19.2 Å². The van der Waals surface area contributed by atoms with E-state index in [0.29, 0.717) is 18.7 Å². The normalized spacial score (nSPS) is 11.6. The third-order valence-electron chi connectivity index (χ3n) is 2.68. The van der Waals surface area contributed by atoms with Gasteiger partial charge in [0.2, 0.25) is 10.0 Å². The van der Waals surface area contributed by atoms with Crippen LogP contribution in [-0.2, 0) is 23.5 Å². The van der Waals surface area contributed by atoms with E-state index in [1.165, 1.54) is 17.1 Å². The molecule has 0 saturated carbocycles. The highest BCUT2D eigenvalue weighted by Crippen LogP contribution is 2.08. The fourth-order valence-electron chi connectivity index (χ4n) is 1.63. The van der Waals surface area contributed by atoms with Gasteiger partial charge in [-0.2, -0.15) is 5.10 Å². The molecule has 102 valence electrons. The topological polar surface area (TPSA) is 90.0 Å². The number of nitrogens with zero attached hydrogens (tertiary/aromatic N) is 2. The Morgan fingerprint density at radius 1 is 1.32 bits per heavy atom. The summed E-state index contributed by atoms with van der Waals surface area (Å²) in [5, 5.41) is 3.84. The number of aryl methyl sites for hydroxylation is 1. The van der Waals surface area contributed by atoms with E-state index in [0.717, 1.165) is 5.56 Å². The Balaban J connectivity index is 1.93. The number of anilines is 1. The lowest BCUT2D eigenvalue weighted by Gasteiger charge is -2.05. The van der Waals surface area contributed by atoms with Crippen LogP contribution in [0.4, 0.5) is 5.69 Å². The molecule has 6 nitrogen and oxygen atoms in total. The van der Waals surface area contributed by atoms with Crippen LogP contribution in [0.5, 0.6) is 0 Å². The summed E-state index contributed by atoms with van der Waals surface area (Å²) in [7, 11) is -1.80. The summed E-state index contributed by atoms with van der Waals surface area (Å²) >= 11 is 0. The zero-order valence-corrected chi connectivity index (χ0v) is 11.4. The second-order valence-electron chi connectivity index (χ2n) is 4.24. The standard InChI is InChI=1S/C12H16N4O2S/c1-16-9-12(8-14-16)19(17,18)15-7-6-10-2-4-11(13)5-3-10/h2-5,8-9,15H,6-7,13H2,1H3. The highest BCUT2D eigenvalue weighted by atomic mass is 32.2. The maximum Gasteiger partial charge on any atom is 0.243 e. The number of nitrogens with two attached hydrogens (primary N) is 1. The molecule has 1 heterocycles. The van der Waals surface area contributed by atoms with Gasteiger partial charge in [-0.25, -0.2) is 13.1 Å². The molecule has 0 saturated heterocycles. The number of benzene rings is 1. The lowest BCUT2D eigenvalue weighted by Crippen LogP contribution is -2.25. The van der Waals surface area contributed by atoms with Gasteiger partial charge in [0.1, 0.15) is 4.90 Å². The molecule has 2 rings (SSSR count). The molecule has 1 aromatic heterocycles. The van der Waals surface area contributed by atoms with E-state index < -0.39 is 10.0 Å². The van der Waals surface area contributed by atoms with Gasteiger partial charge in [0.15, 0.2) is 0 Å². The van der Waals surface area contributed by atoms with Crippen molar-refractivity contribution in [2.45, 2.75) is 11.3 Å². The van der Waals surface area contributed by atoms with Crippen molar-refractivity contribution in [3.63, 3.8) is 0 Å². The minimum absolute atomic E-state index is 0.173. The van der Waals surface area contributed by atoms with Crippen LogP contribution in [0.1, 0.15) is 5.56 Å². The van der Waals surface area contributed by atoms with Gasteiger partial charge >= 0.3 is 0 Å². The molecular weight excluding hydrogens is 264 g/mol. The molecule has 2 aromatic rings. The Kier molecular flexibility index (Phi) is 3.87. The van der Waals surface area contributed by atoms with Gasteiger partial charge in [0.25, 0.3) is 0 Å². The maximum absolute atomic E-state index is 11.9. The van der Waals surface area contributed by atoms with Crippen LogP contribution in [0.3, 0.4) is 0 Å². The van der Waals surface area contributed by atoms with E-state index in [1.807, 2.05) is 12.1 Å². The van der Waals surface area contributed by atoms with Crippen molar-refractivity contribution in [1.82, 2.24) is 14.5 Å². The lowest BCUT2D eigenvalue weighted by molar-refractivity contribution is 0.581. The van der Waals surface area contributed by atoms with Crippen molar-refractivity contribution >= 4 is 15.7 Å². The number of rotatable bonds is 5. The molecule has 0 unspecified atom stereocenters. The second-order valence-corrected chi connectivity index (χ2v) is 6.01. The predicted molar refractivity (Wildman–Crippen MR) is 73.0 cm³/mol. The molecular formula is C12H16N4O2S. The zero-order chi connectivity index (χ0) is 13.9. The van der Waals surface area contributed by atoms with Crippen LogP contribution in [0.25, 0.3) is 0 Å². The predicted octanol–water partition coefficient (Wildman–Crippen LogP) is 0.523. The molecule has 19 heavy (non-hydrogen) atoms. The van der Waals surface area contributed by atoms with Gasteiger partial charge in [-0.05, 0) is 24.1 Å². The average molecular weight is 280 g/mol. The number of aromatic nitrogens is 2. The molecule has 0 aliphatic carbocycles. The summed E-state index contributed by atoms with van der Waals surface area (Å²) in [4.78, 5) is 0.173. The molecule has 0 aliphatic rings. The van der Waals surface area contributed by atoms with Crippen LogP contribution >= 0.6 is 0 Å². The summed E-state index contributed by atoms with van der Waals surface area (Å²) in [5.41, 5.74) is 7.31. The fourth-order valence-corrected chi connectivity index (χ4v) is 2.65. The number of nitrogen functional groups attached to an aromatic ring is 1. The third kappa shape index (κ3) is 3.55. The molecule has 0 aliphatic heterocycles. The van der Waals surface area contributed by atoms with E-state index >= 15 is 0 Å². The van der Waals surface area contributed by atoms with Gasteiger partial charge in [-0.3, -0.25) is 4.68 Å². The molecule has 0 fully saturated rings.